The Morgan fingerprint density at radius 2 is 1.95 bits per heavy atom. The van der Waals surface area contributed by atoms with E-state index in [1.807, 2.05) is 18.4 Å². The smallest absolute Gasteiger partial charge is 0.0334 e. The molecule has 0 spiro atoms. The van der Waals surface area contributed by atoms with E-state index in [0.29, 0.717) is 6.04 Å². The minimum absolute atomic E-state index is 0.544. The van der Waals surface area contributed by atoms with Crippen molar-refractivity contribution in [3.63, 3.8) is 0 Å². The van der Waals surface area contributed by atoms with E-state index in [4.69, 9.17) is 0 Å². The van der Waals surface area contributed by atoms with Crippen molar-refractivity contribution in [2.45, 2.75) is 32.5 Å². The summed E-state index contributed by atoms with van der Waals surface area (Å²) in [5.41, 5.74) is 4.30. The molecular weight excluding hydrogens is 264 g/mol. The van der Waals surface area contributed by atoms with Crippen LogP contribution < -0.4 is 5.32 Å². The maximum Gasteiger partial charge on any atom is 0.0334 e. The van der Waals surface area contributed by atoms with E-state index < -0.39 is 0 Å². The van der Waals surface area contributed by atoms with Gasteiger partial charge < -0.3 is 5.32 Å². The summed E-state index contributed by atoms with van der Waals surface area (Å²) in [6.07, 6.45) is 1.20. The van der Waals surface area contributed by atoms with Crippen LogP contribution in [0.2, 0.25) is 0 Å². The molecule has 2 aromatic rings. The molecule has 0 fully saturated rings. The first-order valence-corrected chi connectivity index (χ1v) is 8.18. The number of rotatable bonds is 4. The van der Waals surface area contributed by atoms with Crippen LogP contribution in [0.15, 0.2) is 35.7 Å². The first-order valence-electron chi connectivity index (χ1n) is 7.30. The molecule has 106 valence electrons. The summed E-state index contributed by atoms with van der Waals surface area (Å²) in [6, 6.07) is 11.8. The first kappa shape index (κ1) is 13.8. The van der Waals surface area contributed by atoms with Gasteiger partial charge in [-0.2, -0.15) is 0 Å². The molecule has 3 rings (SSSR count). The van der Waals surface area contributed by atoms with Crippen molar-refractivity contribution >= 4 is 11.3 Å². The minimum atomic E-state index is 0.544. The highest BCUT2D eigenvalue weighted by Crippen LogP contribution is 2.33. The summed E-state index contributed by atoms with van der Waals surface area (Å²) in [4.78, 5) is 4.17. The standard InChI is InChI=1S/C17H22N2S/c1-13-16-8-10-20-17(16)7-9-19(13)12-15-5-3-14(4-6-15)11-18-2/h3-6,8,10,13,18H,7,9,11-12H2,1-2H3. The Bertz CT molecular complexity index is 559. The van der Waals surface area contributed by atoms with Crippen LogP contribution in [0.4, 0.5) is 0 Å². The van der Waals surface area contributed by atoms with E-state index in [2.05, 4.69) is 52.9 Å². The molecule has 3 heteroatoms. The molecule has 1 aromatic carbocycles. The molecule has 0 saturated carbocycles. The molecule has 0 aliphatic carbocycles. The number of hydrogen-bond acceptors (Lipinski definition) is 3. The molecule has 0 amide bonds. The van der Waals surface area contributed by atoms with Crippen molar-refractivity contribution in [3.8, 4) is 0 Å². The van der Waals surface area contributed by atoms with Crippen molar-refractivity contribution in [3.05, 3.63) is 57.3 Å². The van der Waals surface area contributed by atoms with Gasteiger partial charge in [-0.25, -0.2) is 0 Å². The lowest BCUT2D eigenvalue weighted by Crippen LogP contribution is -2.32. The van der Waals surface area contributed by atoms with Crippen LogP contribution in [0, 0.1) is 0 Å². The molecule has 0 bridgehead atoms. The maximum atomic E-state index is 3.19. The molecule has 1 N–H and O–H groups in total. The highest BCUT2D eigenvalue weighted by Gasteiger charge is 2.24. The van der Waals surface area contributed by atoms with Crippen LogP contribution in [0.3, 0.4) is 0 Å². The first-order chi connectivity index (χ1) is 9.78. The Balaban J connectivity index is 1.69. The van der Waals surface area contributed by atoms with Crippen LogP contribution >= 0.6 is 11.3 Å². The van der Waals surface area contributed by atoms with Gasteiger partial charge in [0.15, 0.2) is 0 Å². The SMILES string of the molecule is CNCc1ccc(CN2CCc3sccc3C2C)cc1. The summed E-state index contributed by atoms with van der Waals surface area (Å²) >= 11 is 1.91. The van der Waals surface area contributed by atoms with Crippen LogP contribution in [0.25, 0.3) is 0 Å². The zero-order chi connectivity index (χ0) is 13.9. The summed E-state index contributed by atoms with van der Waals surface area (Å²) in [6.45, 7) is 5.50. The molecule has 1 aromatic heterocycles. The minimum Gasteiger partial charge on any atom is -0.316 e. The van der Waals surface area contributed by atoms with Crippen molar-refractivity contribution < 1.29 is 0 Å². The second-order valence-corrected chi connectivity index (χ2v) is 6.54. The van der Waals surface area contributed by atoms with Gasteiger partial charge in [0.1, 0.15) is 0 Å². The molecule has 2 heterocycles. The zero-order valence-corrected chi connectivity index (χ0v) is 13.0. The summed E-state index contributed by atoms with van der Waals surface area (Å²) in [7, 11) is 1.99. The molecule has 0 radical (unpaired) electrons. The lowest BCUT2D eigenvalue weighted by Gasteiger charge is -2.33. The molecule has 20 heavy (non-hydrogen) atoms. The van der Waals surface area contributed by atoms with E-state index in [0.717, 1.165) is 13.1 Å². The van der Waals surface area contributed by atoms with E-state index in [-0.39, 0.29) is 0 Å². The molecular formula is C17H22N2S. The Morgan fingerprint density at radius 3 is 2.70 bits per heavy atom. The predicted molar refractivity (Wildman–Crippen MR) is 86.1 cm³/mol. The average Bonchev–Trinajstić information content (AvgIpc) is 2.94. The van der Waals surface area contributed by atoms with E-state index in [1.54, 1.807) is 4.88 Å². The third kappa shape index (κ3) is 2.80. The predicted octanol–water partition coefficient (Wildman–Crippen LogP) is 3.59. The highest BCUT2D eigenvalue weighted by molar-refractivity contribution is 7.10. The average molecular weight is 286 g/mol. The third-order valence-corrected chi connectivity index (χ3v) is 5.19. The van der Waals surface area contributed by atoms with Crippen molar-refractivity contribution in [1.29, 1.82) is 0 Å². The van der Waals surface area contributed by atoms with Crippen molar-refractivity contribution in [1.82, 2.24) is 10.2 Å². The second kappa shape index (κ2) is 6.08. The van der Waals surface area contributed by atoms with Crippen LogP contribution in [0.5, 0.6) is 0 Å². The van der Waals surface area contributed by atoms with Gasteiger partial charge in [0.2, 0.25) is 0 Å². The van der Waals surface area contributed by atoms with Crippen LogP contribution in [0.1, 0.15) is 34.5 Å². The fourth-order valence-electron chi connectivity index (χ4n) is 2.98. The summed E-state index contributed by atoms with van der Waals surface area (Å²) in [5.74, 6) is 0. The largest absolute Gasteiger partial charge is 0.316 e. The molecule has 2 nitrogen and oxygen atoms in total. The second-order valence-electron chi connectivity index (χ2n) is 5.54. The molecule has 1 atom stereocenters. The monoisotopic (exact) mass is 286 g/mol. The molecule has 0 saturated heterocycles. The van der Waals surface area contributed by atoms with Gasteiger partial charge >= 0.3 is 0 Å². The highest BCUT2D eigenvalue weighted by atomic mass is 32.1. The molecule has 1 aliphatic heterocycles. The number of nitrogens with zero attached hydrogens (tertiary/aromatic N) is 1. The Hall–Kier alpha value is -1.16. The van der Waals surface area contributed by atoms with Gasteiger partial charge in [-0.3, -0.25) is 4.90 Å². The number of fused-ring (bicyclic) bond motifs is 1. The molecule has 1 aliphatic rings. The van der Waals surface area contributed by atoms with Gasteiger partial charge in [-0.15, -0.1) is 11.3 Å². The number of benzene rings is 1. The Morgan fingerprint density at radius 1 is 1.20 bits per heavy atom. The fraction of sp³-hybridized carbons (Fsp3) is 0.412. The quantitative estimate of drug-likeness (QED) is 0.924. The van der Waals surface area contributed by atoms with E-state index >= 15 is 0 Å². The maximum absolute atomic E-state index is 3.19. The van der Waals surface area contributed by atoms with Crippen molar-refractivity contribution in [2.24, 2.45) is 0 Å². The lowest BCUT2D eigenvalue weighted by atomic mass is 10.0. The Labute approximate surface area is 125 Å². The van der Waals surface area contributed by atoms with Gasteiger partial charge in [-0.05, 0) is 48.5 Å². The molecule has 1 unspecified atom stereocenters. The summed E-state index contributed by atoms with van der Waals surface area (Å²) in [5, 5.41) is 5.42. The van der Waals surface area contributed by atoms with Gasteiger partial charge in [0, 0.05) is 30.6 Å². The topological polar surface area (TPSA) is 15.3 Å². The number of thiophene rings is 1. The normalized spacial score (nSPS) is 19.0. The lowest BCUT2D eigenvalue weighted by molar-refractivity contribution is 0.191. The van der Waals surface area contributed by atoms with Crippen LogP contribution in [-0.4, -0.2) is 18.5 Å². The Kier molecular flexibility index (Phi) is 4.20. The van der Waals surface area contributed by atoms with E-state index in [1.165, 1.54) is 29.7 Å². The fourth-order valence-corrected chi connectivity index (χ4v) is 3.94. The van der Waals surface area contributed by atoms with Crippen LogP contribution in [-0.2, 0) is 19.5 Å². The van der Waals surface area contributed by atoms with Crippen molar-refractivity contribution in [2.75, 3.05) is 13.6 Å². The number of nitrogens with one attached hydrogen (secondary N) is 1. The van der Waals surface area contributed by atoms with Gasteiger partial charge in [-0.1, -0.05) is 24.3 Å². The van der Waals surface area contributed by atoms with E-state index in [9.17, 15) is 0 Å². The number of hydrogen-bond donors (Lipinski definition) is 1. The summed E-state index contributed by atoms with van der Waals surface area (Å²) < 4.78 is 0. The van der Waals surface area contributed by atoms with Gasteiger partial charge in [0.25, 0.3) is 0 Å². The third-order valence-electron chi connectivity index (χ3n) is 4.19. The zero-order valence-electron chi connectivity index (χ0n) is 12.2. The van der Waals surface area contributed by atoms with Gasteiger partial charge in [0.05, 0.1) is 0 Å².